The molecule has 0 aliphatic carbocycles. The predicted molar refractivity (Wildman–Crippen MR) is 35.8 cm³/mol. The van der Waals surface area contributed by atoms with Crippen LogP contribution in [0, 0.1) is 6.07 Å². The van der Waals surface area contributed by atoms with Gasteiger partial charge in [-0.05, 0) is 22.0 Å². The molecular formula is C5H2BrClN. The molecule has 41 valence electrons. The maximum Gasteiger partial charge on any atom is 0.143 e. The summed E-state index contributed by atoms with van der Waals surface area (Å²) < 4.78 is 0.779. The van der Waals surface area contributed by atoms with Gasteiger partial charge in [-0.2, -0.15) is 0 Å². The molecule has 1 rings (SSSR count). The zero-order valence-corrected chi connectivity index (χ0v) is 6.20. The van der Waals surface area contributed by atoms with Gasteiger partial charge >= 0.3 is 0 Å². The predicted octanol–water partition coefficient (Wildman–Crippen LogP) is 2.30. The van der Waals surface area contributed by atoms with Crippen LogP contribution in [-0.2, 0) is 0 Å². The molecule has 0 fully saturated rings. The molecule has 0 aromatic carbocycles. The van der Waals surface area contributed by atoms with E-state index in [2.05, 4.69) is 27.0 Å². The van der Waals surface area contributed by atoms with Gasteiger partial charge in [-0.3, -0.25) is 0 Å². The van der Waals surface area contributed by atoms with Crippen molar-refractivity contribution in [2.24, 2.45) is 0 Å². The van der Waals surface area contributed by atoms with E-state index in [1.165, 1.54) is 6.20 Å². The van der Waals surface area contributed by atoms with E-state index in [1.54, 1.807) is 6.07 Å². The first-order valence-corrected chi connectivity index (χ1v) is 3.15. The first-order valence-electron chi connectivity index (χ1n) is 1.98. The van der Waals surface area contributed by atoms with E-state index >= 15 is 0 Å². The van der Waals surface area contributed by atoms with Crippen molar-refractivity contribution >= 4 is 27.5 Å². The minimum atomic E-state index is 0.476. The van der Waals surface area contributed by atoms with Crippen LogP contribution < -0.4 is 0 Å². The smallest absolute Gasteiger partial charge is 0.143 e. The molecule has 3 heteroatoms. The van der Waals surface area contributed by atoms with E-state index < -0.39 is 0 Å². The Kier molecular flexibility index (Phi) is 1.86. The van der Waals surface area contributed by atoms with Gasteiger partial charge in [0.25, 0.3) is 0 Å². The summed E-state index contributed by atoms with van der Waals surface area (Å²) in [5.41, 5.74) is 0. The maximum atomic E-state index is 5.53. The number of nitrogens with zero attached hydrogens (tertiary/aromatic N) is 1. The maximum absolute atomic E-state index is 5.53. The molecule has 1 heterocycles. The standard InChI is InChI=1S/C5H2BrClN/c6-4-2-1-3-8-5(4)7/h2-3H. The first kappa shape index (κ1) is 6.05. The highest BCUT2D eigenvalue weighted by Gasteiger charge is 1.90. The third-order valence-corrected chi connectivity index (χ3v) is 1.79. The molecule has 0 atom stereocenters. The van der Waals surface area contributed by atoms with Crippen LogP contribution in [0.1, 0.15) is 0 Å². The lowest BCUT2D eigenvalue weighted by Crippen LogP contribution is -1.71. The lowest BCUT2D eigenvalue weighted by atomic mass is 10.5. The van der Waals surface area contributed by atoms with Crippen LogP contribution in [0.15, 0.2) is 16.7 Å². The van der Waals surface area contributed by atoms with E-state index in [9.17, 15) is 0 Å². The Morgan fingerprint density at radius 2 is 2.50 bits per heavy atom. The zero-order valence-electron chi connectivity index (χ0n) is 3.86. The molecule has 0 saturated heterocycles. The average Bonchev–Trinajstić information content (AvgIpc) is 1.77. The summed E-state index contributed by atoms with van der Waals surface area (Å²) in [7, 11) is 0. The Hall–Kier alpha value is -0.0800. The number of halogens is 2. The Labute approximate surface area is 60.8 Å². The molecule has 0 aliphatic heterocycles. The van der Waals surface area contributed by atoms with Crippen molar-refractivity contribution in [1.82, 2.24) is 4.98 Å². The number of hydrogen-bond donors (Lipinski definition) is 0. The molecule has 0 bridgehead atoms. The second-order valence-electron chi connectivity index (χ2n) is 1.21. The van der Waals surface area contributed by atoms with Crippen molar-refractivity contribution in [2.75, 3.05) is 0 Å². The highest BCUT2D eigenvalue weighted by Crippen LogP contribution is 2.16. The topological polar surface area (TPSA) is 12.9 Å². The molecule has 1 radical (unpaired) electrons. The van der Waals surface area contributed by atoms with Crippen LogP contribution in [0.3, 0.4) is 0 Å². The van der Waals surface area contributed by atoms with Gasteiger partial charge in [0, 0.05) is 12.3 Å². The van der Waals surface area contributed by atoms with Crippen molar-refractivity contribution in [3.8, 4) is 0 Å². The number of aromatic nitrogens is 1. The molecule has 0 unspecified atom stereocenters. The summed E-state index contributed by atoms with van der Waals surface area (Å²) in [5.74, 6) is 0. The van der Waals surface area contributed by atoms with Crippen molar-refractivity contribution in [1.29, 1.82) is 0 Å². The molecule has 0 saturated carbocycles. The van der Waals surface area contributed by atoms with Gasteiger partial charge < -0.3 is 0 Å². The summed E-state index contributed by atoms with van der Waals surface area (Å²) in [6, 6.07) is 4.48. The first-order chi connectivity index (χ1) is 3.80. The lowest BCUT2D eigenvalue weighted by Gasteiger charge is -1.87. The van der Waals surface area contributed by atoms with Crippen molar-refractivity contribution in [3.63, 3.8) is 0 Å². The largest absolute Gasteiger partial charge is 0.243 e. The summed E-state index contributed by atoms with van der Waals surface area (Å²) in [4.78, 5) is 3.74. The third-order valence-electron chi connectivity index (χ3n) is 0.660. The van der Waals surface area contributed by atoms with Crippen molar-refractivity contribution < 1.29 is 0 Å². The minimum absolute atomic E-state index is 0.476. The van der Waals surface area contributed by atoms with E-state index in [0.29, 0.717) is 5.15 Å². The number of pyridine rings is 1. The summed E-state index contributed by atoms with van der Waals surface area (Å²) in [5, 5.41) is 0.476. The molecule has 1 nitrogen and oxygen atoms in total. The average molecular weight is 191 g/mol. The Morgan fingerprint density at radius 1 is 1.75 bits per heavy atom. The quantitative estimate of drug-likeness (QED) is 0.574. The fourth-order valence-electron chi connectivity index (χ4n) is 0.326. The molecule has 0 amide bonds. The van der Waals surface area contributed by atoms with Crippen LogP contribution in [0.4, 0.5) is 0 Å². The summed E-state index contributed by atoms with van der Waals surface area (Å²) >= 11 is 8.70. The van der Waals surface area contributed by atoms with Crippen molar-refractivity contribution in [3.05, 3.63) is 28.0 Å². The second-order valence-corrected chi connectivity index (χ2v) is 2.42. The van der Waals surface area contributed by atoms with Crippen LogP contribution in [-0.4, -0.2) is 4.98 Å². The van der Waals surface area contributed by atoms with Gasteiger partial charge in [0.15, 0.2) is 0 Å². The van der Waals surface area contributed by atoms with Gasteiger partial charge in [0.1, 0.15) is 5.15 Å². The summed E-state index contributed by atoms with van der Waals surface area (Å²) in [6.45, 7) is 0. The van der Waals surface area contributed by atoms with Crippen LogP contribution in [0.2, 0.25) is 5.15 Å². The van der Waals surface area contributed by atoms with Crippen LogP contribution >= 0.6 is 27.5 Å². The second kappa shape index (κ2) is 2.46. The number of rotatable bonds is 0. The van der Waals surface area contributed by atoms with Crippen LogP contribution in [0.5, 0.6) is 0 Å². The zero-order chi connectivity index (χ0) is 5.98. The Bertz CT molecular complexity index is 169. The fourth-order valence-corrected chi connectivity index (χ4v) is 0.663. The van der Waals surface area contributed by atoms with Gasteiger partial charge in [0.05, 0.1) is 4.47 Å². The highest BCUT2D eigenvalue weighted by molar-refractivity contribution is 9.10. The highest BCUT2D eigenvalue weighted by atomic mass is 79.9. The van der Waals surface area contributed by atoms with E-state index in [4.69, 9.17) is 11.6 Å². The van der Waals surface area contributed by atoms with Gasteiger partial charge in [-0.25, -0.2) is 4.98 Å². The molecular weight excluding hydrogens is 189 g/mol. The summed E-state index contributed by atoms with van der Waals surface area (Å²) in [6.07, 6.45) is 1.52. The van der Waals surface area contributed by atoms with E-state index in [-0.39, 0.29) is 0 Å². The Morgan fingerprint density at radius 3 is 2.88 bits per heavy atom. The molecule has 0 N–H and O–H groups in total. The lowest BCUT2D eigenvalue weighted by molar-refractivity contribution is 1.30. The Balaban J connectivity index is 3.13. The normalized spacial score (nSPS) is 9.25. The van der Waals surface area contributed by atoms with E-state index in [1.807, 2.05) is 0 Å². The molecule has 8 heavy (non-hydrogen) atoms. The molecule has 0 spiro atoms. The van der Waals surface area contributed by atoms with Gasteiger partial charge in [-0.15, -0.1) is 0 Å². The van der Waals surface area contributed by atoms with Crippen LogP contribution in [0.25, 0.3) is 0 Å². The van der Waals surface area contributed by atoms with Crippen molar-refractivity contribution in [2.45, 2.75) is 0 Å². The number of hydrogen-bond acceptors (Lipinski definition) is 1. The van der Waals surface area contributed by atoms with Gasteiger partial charge in [-0.1, -0.05) is 11.6 Å². The molecule has 1 aromatic rings. The molecule has 0 aliphatic rings. The minimum Gasteiger partial charge on any atom is -0.243 e. The van der Waals surface area contributed by atoms with E-state index in [0.717, 1.165) is 4.47 Å². The monoisotopic (exact) mass is 190 g/mol. The van der Waals surface area contributed by atoms with Gasteiger partial charge in [0.2, 0.25) is 0 Å². The SMILES string of the molecule is Clc1nc[c]cc1Br. The molecule has 1 aromatic heterocycles. The third kappa shape index (κ3) is 1.20. The fraction of sp³-hybridized carbons (Fsp3) is 0.